The molecule has 4 rings (SSSR count). The molecule has 1 aliphatic carbocycles. The second-order valence-electron chi connectivity index (χ2n) is 9.37. The lowest BCUT2D eigenvalue weighted by Crippen LogP contribution is -2.49. The molecule has 1 saturated carbocycles. The number of nitrogens with zero attached hydrogens (tertiary/aromatic N) is 2. The van der Waals surface area contributed by atoms with Crippen LogP contribution in [0, 0.1) is 11.8 Å². The van der Waals surface area contributed by atoms with Gasteiger partial charge in [0.15, 0.2) is 0 Å². The van der Waals surface area contributed by atoms with Gasteiger partial charge in [0, 0.05) is 30.9 Å². The van der Waals surface area contributed by atoms with Crippen LogP contribution in [0.5, 0.6) is 0 Å². The van der Waals surface area contributed by atoms with Gasteiger partial charge in [-0.1, -0.05) is 49.6 Å². The van der Waals surface area contributed by atoms with Crippen molar-refractivity contribution >= 4 is 23.5 Å². The van der Waals surface area contributed by atoms with Crippen molar-refractivity contribution in [2.45, 2.75) is 44.8 Å². The van der Waals surface area contributed by atoms with Gasteiger partial charge in [-0.05, 0) is 54.5 Å². The van der Waals surface area contributed by atoms with Gasteiger partial charge in [0.05, 0.1) is 0 Å². The number of carboxylic acids is 1. The summed E-state index contributed by atoms with van der Waals surface area (Å²) >= 11 is 0. The Morgan fingerprint density at radius 2 is 1.62 bits per heavy atom. The average Bonchev–Trinajstić information content (AvgIpc) is 2.91. The van der Waals surface area contributed by atoms with Gasteiger partial charge in [-0.2, -0.15) is 13.2 Å². The number of rotatable bonds is 5. The van der Waals surface area contributed by atoms with Crippen molar-refractivity contribution in [2.75, 3.05) is 24.5 Å². The molecule has 1 saturated heterocycles. The van der Waals surface area contributed by atoms with Crippen molar-refractivity contribution in [3.63, 3.8) is 0 Å². The molecule has 2 atom stereocenters. The summed E-state index contributed by atoms with van der Waals surface area (Å²) in [6.45, 7) is 2.08. The lowest BCUT2D eigenvalue weighted by Gasteiger charge is -2.41. The van der Waals surface area contributed by atoms with Crippen molar-refractivity contribution < 1.29 is 32.7 Å². The number of nitrogens with two attached hydrogens (primary N) is 1. The SMILES string of the molecule is NCc1cccc(N(CC(=O)N2CCC3CCCCC3C2)C(=O)c2ccccc2)c1.O=C(O)C(F)(F)F. The van der Waals surface area contributed by atoms with Gasteiger partial charge in [0.2, 0.25) is 5.91 Å². The monoisotopic (exact) mass is 519 g/mol. The number of carbonyl (C=O) groups is 3. The lowest BCUT2D eigenvalue weighted by atomic mass is 9.75. The molecule has 0 aromatic heterocycles. The molecule has 2 aromatic carbocycles. The Bertz CT molecular complexity index is 1080. The number of hydrogen-bond acceptors (Lipinski definition) is 4. The molecule has 3 N–H and O–H groups in total. The average molecular weight is 520 g/mol. The molecule has 2 amide bonds. The minimum atomic E-state index is -5.08. The van der Waals surface area contributed by atoms with Crippen LogP contribution >= 0.6 is 0 Å². The molecule has 1 aliphatic heterocycles. The molecule has 2 unspecified atom stereocenters. The smallest absolute Gasteiger partial charge is 0.475 e. The Hall–Kier alpha value is -3.40. The molecule has 0 bridgehead atoms. The van der Waals surface area contributed by atoms with Gasteiger partial charge in [-0.25, -0.2) is 4.79 Å². The molecule has 1 heterocycles. The third-order valence-corrected chi connectivity index (χ3v) is 6.90. The van der Waals surface area contributed by atoms with E-state index < -0.39 is 12.1 Å². The summed E-state index contributed by atoms with van der Waals surface area (Å²) < 4.78 is 31.7. The summed E-state index contributed by atoms with van der Waals surface area (Å²) in [7, 11) is 0. The molecule has 2 aliphatic rings. The predicted molar refractivity (Wildman–Crippen MR) is 133 cm³/mol. The van der Waals surface area contributed by atoms with Crippen molar-refractivity contribution in [2.24, 2.45) is 17.6 Å². The van der Waals surface area contributed by atoms with E-state index in [1.165, 1.54) is 25.7 Å². The lowest BCUT2D eigenvalue weighted by molar-refractivity contribution is -0.192. The highest BCUT2D eigenvalue weighted by molar-refractivity contribution is 6.08. The fourth-order valence-corrected chi connectivity index (χ4v) is 4.93. The highest BCUT2D eigenvalue weighted by atomic mass is 19.4. The minimum absolute atomic E-state index is 0.0291. The summed E-state index contributed by atoms with van der Waals surface area (Å²) in [5.41, 5.74) is 8.04. The number of likely N-dealkylation sites (tertiary alicyclic amines) is 1. The number of alkyl halides is 3. The number of hydrogen-bond donors (Lipinski definition) is 2. The third kappa shape index (κ3) is 7.79. The fourth-order valence-electron chi connectivity index (χ4n) is 4.93. The summed E-state index contributed by atoms with van der Waals surface area (Å²) in [5.74, 6) is -1.50. The maximum absolute atomic E-state index is 13.3. The van der Waals surface area contributed by atoms with E-state index in [-0.39, 0.29) is 18.4 Å². The summed E-state index contributed by atoms with van der Waals surface area (Å²) in [6.07, 6.45) is 1.13. The largest absolute Gasteiger partial charge is 0.490 e. The van der Waals surface area contributed by atoms with Crippen LogP contribution in [0.25, 0.3) is 0 Å². The van der Waals surface area contributed by atoms with Gasteiger partial charge in [0.1, 0.15) is 6.54 Å². The van der Waals surface area contributed by atoms with Crippen molar-refractivity contribution in [3.05, 3.63) is 65.7 Å². The van der Waals surface area contributed by atoms with E-state index in [1.54, 1.807) is 17.0 Å². The summed E-state index contributed by atoms with van der Waals surface area (Å²) in [4.78, 5) is 39.0. The number of carboxylic acid groups (broad SMARTS) is 1. The molecule has 2 aromatic rings. The molecule has 2 fully saturated rings. The first-order valence-electron chi connectivity index (χ1n) is 12.3. The highest BCUT2D eigenvalue weighted by Crippen LogP contribution is 2.36. The maximum atomic E-state index is 13.3. The van der Waals surface area contributed by atoms with Gasteiger partial charge in [0.25, 0.3) is 5.91 Å². The maximum Gasteiger partial charge on any atom is 0.490 e. The zero-order valence-corrected chi connectivity index (χ0v) is 20.5. The Morgan fingerprint density at radius 3 is 2.24 bits per heavy atom. The Kier molecular flexibility index (Phi) is 9.68. The number of piperidine rings is 1. The fraction of sp³-hybridized carbons (Fsp3) is 0.444. The topological polar surface area (TPSA) is 104 Å². The molecule has 200 valence electrons. The Balaban J connectivity index is 0.000000479. The van der Waals surface area contributed by atoms with E-state index in [0.29, 0.717) is 23.7 Å². The molecule has 7 nitrogen and oxygen atoms in total. The van der Waals surface area contributed by atoms with Crippen LogP contribution in [0.15, 0.2) is 54.6 Å². The predicted octanol–water partition coefficient (Wildman–Crippen LogP) is 4.46. The van der Waals surface area contributed by atoms with Gasteiger partial charge in [-0.3, -0.25) is 14.5 Å². The van der Waals surface area contributed by atoms with Crippen LogP contribution < -0.4 is 10.6 Å². The second kappa shape index (κ2) is 12.7. The van der Waals surface area contributed by atoms with Crippen LogP contribution in [0.4, 0.5) is 18.9 Å². The zero-order chi connectivity index (χ0) is 27.0. The summed E-state index contributed by atoms with van der Waals surface area (Å²) in [6, 6.07) is 16.8. The van der Waals surface area contributed by atoms with Crippen molar-refractivity contribution in [3.8, 4) is 0 Å². The molecular formula is C27H32F3N3O4. The second-order valence-corrected chi connectivity index (χ2v) is 9.37. The van der Waals surface area contributed by atoms with Crippen LogP contribution in [-0.4, -0.2) is 53.6 Å². The number of anilines is 1. The quantitative estimate of drug-likeness (QED) is 0.607. The first kappa shape index (κ1) is 28.2. The first-order valence-corrected chi connectivity index (χ1v) is 12.3. The van der Waals surface area contributed by atoms with Gasteiger partial charge in [-0.15, -0.1) is 0 Å². The van der Waals surface area contributed by atoms with E-state index in [9.17, 15) is 22.8 Å². The molecule has 37 heavy (non-hydrogen) atoms. The molecular weight excluding hydrogens is 487 g/mol. The van der Waals surface area contributed by atoms with Crippen LogP contribution in [0.1, 0.15) is 48.0 Å². The van der Waals surface area contributed by atoms with Gasteiger partial charge >= 0.3 is 12.1 Å². The number of amides is 2. The van der Waals surface area contributed by atoms with Crippen molar-refractivity contribution in [1.82, 2.24) is 4.90 Å². The normalized spacial score (nSPS) is 19.2. The highest BCUT2D eigenvalue weighted by Gasteiger charge is 2.38. The molecule has 10 heteroatoms. The third-order valence-electron chi connectivity index (χ3n) is 6.90. The van der Waals surface area contributed by atoms with E-state index in [2.05, 4.69) is 0 Å². The van der Waals surface area contributed by atoms with Crippen LogP contribution in [0.3, 0.4) is 0 Å². The van der Waals surface area contributed by atoms with Crippen molar-refractivity contribution in [1.29, 1.82) is 0 Å². The number of aliphatic carboxylic acids is 1. The first-order chi connectivity index (χ1) is 17.6. The zero-order valence-electron chi connectivity index (χ0n) is 20.5. The minimum Gasteiger partial charge on any atom is -0.475 e. The Labute approximate surface area is 214 Å². The number of fused-ring (bicyclic) bond motifs is 1. The standard InChI is InChI=1S/C25H31N3O2.C2HF3O2/c26-16-19-7-6-12-23(15-19)28(25(30)21-9-2-1-3-10-21)18-24(29)27-14-13-20-8-4-5-11-22(20)17-27;3-2(4,5)1(6)7/h1-3,6-7,9-10,12,15,20,22H,4-5,8,11,13-14,16-18,26H2;(H,6,7). The molecule has 0 radical (unpaired) electrons. The van der Waals surface area contributed by atoms with Crippen LogP contribution in [-0.2, 0) is 16.1 Å². The number of halogens is 3. The number of benzene rings is 2. The van der Waals surface area contributed by atoms with E-state index in [1.807, 2.05) is 47.4 Å². The summed E-state index contributed by atoms with van der Waals surface area (Å²) in [5, 5.41) is 7.12. The van der Waals surface area contributed by atoms with Gasteiger partial charge < -0.3 is 15.7 Å². The van der Waals surface area contributed by atoms with E-state index in [0.717, 1.165) is 31.0 Å². The number of carbonyl (C=O) groups excluding carboxylic acids is 2. The Morgan fingerprint density at radius 1 is 0.973 bits per heavy atom. The van der Waals surface area contributed by atoms with E-state index >= 15 is 0 Å². The van der Waals surface area contributed by atoms with Crippen LogP contribution in [0.2, 0.25) is 0 Å². The molecule has 0 spiro atoms. The van der Waals surface area contributed by atoms with E-state index in [4.69, 9.17) is 15.6 Å².